The molecule has 0 radical (unpaired) electrons. The quantitative estimate of drug-likeness (QED) is 0.902. The lowest BCUT2D eigenvalue weighted by molar-refractivity contribution is -0.0499. The third-order valence-corrected chi connectivity index (χ3v) is 3.22. The smallest absolute Gasteiger partial charge is 0.387 e. The fraction of sp³-hybridized carbons (Fsp3) is 0.500. The number of ether oxygens (including phenoxy) is 2. The Hall–Kier alpha value is -1.25. The molecule has 1 aromatic heterocycles. The third kappa shape index (κ3) is 3.37. The molecule has 0 unspecified atom stereocenters. The van der Waals surface area contributed by atoms with Gasteiger partial charge >= 0.3 is 6.61 Å². The molecule has 0 aromatic carbocycles. The van der Waals surface area contributed by atoms with Crippen LogP contribution >= 0.6 is 11.3 Å². The molecule has 1 saturated heterocycles. The van der Waals surface area contributed by atoms with E-state index in [9.17, 15) is 13.6 Å². The van der Waals surface area contributed by atoms with Crippen LogP contribution in [0.2, 0.25) is 0 Å². The molecule has 0 aliphatic carbocycles. The Morgan fingerprint density at radius 1 is 1.50 bits per heavy atom. The SMILES string of the molecule is O=C(NN1CCOCC1)c1sccc1OC(F)F. The zero-order valence-electron chi connectivity index (χ0n) is 9.40. The predicted molar refractivity (Wildman–Crippen MR) is 60.8 cm³/mol. The van der Waals surface area contributed by atoms with Crippen LogP contribution in [0.4, 0.5) is 8.78 Å². The molecule has 2 rings (SSSR count). The van der Waals surface area contributed by atoms with Crippen LogP contribution in [0.1, 0.15) is 9.67 Å². The van der Waals surface area contributed by atoms with Crippen molar-refractivity contribution in [2.24, 2.45) is 0 Å². The van der Waals surface area contributed by atoms with Gasteiger partial charge in [-0.25, -0.2) is 5.01 Å². The summed E-state index contributed by atoms with van der Waals surface area (Å²) in [5, 5.41) is 3.23. The van der Waals surface area contributed by atoms with Crippen LogP contribution in [0, 0.1) is 0 Å². The zero-order valence-corrected chi connectivity index (χ0v) is 10.2. The summed E-state index contributed by atoms with van der Waals surface area (Å²) in [7, 11) is 0. The molecule has 2 heterocycles. The van der Waals surface area contributed by atoms with Gasteiger partial charge in [0.15, 0.2) is 0 Å². The van der Waals surface area contributed by atoms with E-state index < -0.39 is 12.5 Å². The van der Waals surface area contributed by atoms with Gasteiger partial charge in [-0.05, 0) is 11.4 Å². The molecule has 0 saturated carbocycles. The normalized spacial score (nSPS) is 16.8. The van der Waals surface area contributed by atoms with E-state index in [0.29, 0.717) is 26.3 Å². The fourth-order valence-corrected chi connectivity index (χ4v) is 2.23. The molecule has 1 N–H and O–H groups in total. The van der Waals surface area contributed by atoms with Crippen LogP contribution in [-0.4, -0.2) is 43.8 Å². The average molecular weight is 278 g/mol. The highest BCUT2D eigenvalue weighted by molar-refractivity contribution is 7.12. The van der Waals surface area contributed by atoms with Gasteiger partial charge in [0.25, 0.3) is 5.91 Å². The summed E-state index contributed by atoms with van der Waals surface area (Å²) in [5.74, 6) is -0.539. The first-order valence-corrected chi connectivity index (χ1v) is 6.21. The van der Waals surface area contributed by atoms with Gasteiger partial charge in [0.1, 0.15) is 10.6 Å². The monoisotopic (exact) mass is 278 g/mol. The minimum atomic E-state index is -2.94. The van der Waals surface area contributed by atoms with Crippen molar-refractivity contribution in [2.45, 2.75) is 6.61 Å². The molecule has 1 aromatic rings. The molecule has 1 fully saturated rings. The lowest BCUT2D eigenvalue weighted by atomic mass is 10.4. The number of carbonyl (C=O) groups is 1. The molecular weight excluding hydrogens is 266 g/mol. The van der Waals surface area contributed by atoms with Crippen LogP contribution < -0.4 is 10.2 Å². The summed E-state index contributed by atoms with van der Waals surface area (Å²) >= 11 is 1.06. The van der Waals surface area contributed by atoms with Crippen molar-refractivity contribution in [3.05, 3.63) is 16.3 Å². The second-order valence-corrected chi connectivity index (χ2v) is 4.45. The minimum absolute atomic E-state index is 0.0965. The van der Waals surface area contributed by atoms with Gasteiger partial charge in [0, 0.05) is 13.1 Å². The molecule has 1 aliphatic heterocycles. The van der Waals surface area contributed by atoms with Gasteiger partial charge in [-0.3, -0.25) is 10.2 Å². The summed E-state index contributed by atoms with van der Waals surface area (Å²) in [4.78, 5) is 12.0. The summed E-state index contributed by atoms with van der Waals surface area (Å²) in [6.07, 6.45) is 0. The summed E-state index contributed by atoms with van der Waals surface area (Å²) < 4.78 is 33.7. The van der Waals surface area contributed by atoms with Gasteiger partial charge in [-0.15, -0.1) is 11.3 Å². The number of carbonyl (C=O) groups excluding carboxylic acids is 1. The van der Waals surface area contributed by atoms with Crippen molar-refractivity contribution in [2.75, 3.05) is 26.3 Å². The molecule has 1 aliphatic rings. The van der Waals surface area contributed by atoms with Crippen LogP contribution in [0.3, 0.4) is 0 Å². The van der Waals surface area contributed by atoms with E-state index in [2.05, 4.69) is 10.2 Å². The van der Waals surface area contributed by atoms with Crippen LogP contribution in [0.5, 0.6) is 5.75 Å². The Labute approximate surface area is 106 Å². The van der Waals surface area contributed by atoms with E-state index in [1.54, 1.807) is 5.01 Å². The number of hydrogen-bond donors (Lipinski definition) is 1. The molecular formula is C10H12F2N2O3S. The van der Waals surface area contributed by atoms with E-state index in [0.717, 1.165) is 11.3 Å². The molecule has 0 spiro atoms. The largest absolute Gasteiger partial charge is 0.433 e. The van der Waals surface area contributed by atoms with Gasteiger partial charge in [0.05, 0.1) is 13.2 Å². The highest BCUT2D eigenvalue weighted by atomic mass is 32.1. The summed E-state index contributed by atoms with van der Waals surface area (Å²) in [6.45, 7) is -0.727. The maximum Gasteiger partial charge on any atom is 0.387 e. The standard InChI is InChI=1S/C10H12F2N2O3S/c11-10(12)17-7-1-6-18-8(7)9(15)13-14-2-4-16-5-3-14/h1,6,10H,2-5H2,(H,13,15). The molecule has 5 nitrogen and oxygen atoms in total. The molecule has 100 valence electrons. The molecule has 0 atom stereocenters. The van der Waals surface area contributed by atoms with Crippen LogP contribution in [0.15, 0.2) is 11.4 Å². The topological polar surface area (TPSA) is 50.8 Å². The number of amides is 1. The number of nitrogens with one attached hydrogen (secondary N) is 1. The van der Waals surface area contributed by atoms with Crippen molar-refractivity contribution in [1.29, 1.82) is 0 Å². The second kappa shape index (κ2) is 6.07. The Balaban J connectivity index is 1.97. The number of alkyl halides is 2. The highest BCUT2D eigenvalue weighted by Gasteiger charge is 2.20. The number of halogens is 2. The highest BCUT2D eigenvalue weighted by Crippen LogP contribution is 2.26. The van der Waals surface area contributed by atoms with E-state index in [1.165, 1.54) is 11.4 Å². The average Bonchev–Trinajstić information content (AvgIpc) is 2.77. The Kier molecular flexibility index (Phi) is 4.45. The number of nitrogens with zero attached hydrogens (tertiary/aromatic N) is 1. The molecule has 8 heteroatoms. The zero-order chi connectivity index (χ0) is 13.0. The van der Waals surface area contributed by atoms with Crippen molar-refractivity contribution < 1.29 is 23.0 Å². The number of morpholine rings is 1. The van der Waals surface area contributed by atoms with Gasteiger partial charge in [0.2, 0.25) is 0 Å². The number of thiophene rings is 1. The number of hydrazine groups is 1. The molecule has 18 heavy (non-hydrogen) atoms. The first-order chi connectivity index (χ1) is 8.66. The number of rotatable bonds is 4. The van der Waals surface area contributed by atoms with Crippen LogP contribution in [-0.2, 0) is 4.74 Å². The molecule has 1 amide bonds. The van der Waals surface area contributed by atoms with Gasteiger partial charge in [-0.1, -0.05) is 0 Å². The van der Waals surface area contributed by atoms with Crippen molar-refractivity contribution in [3.8, 4) is 5.75 Å². The van der Waals surface area contributed by atoms with Gasteiger partial charge in [-0.2, -0.15) is 8.78 Å². The first-order valence-electron chi connectivity index (χ1n) is 5.33. The summed E-state index contributed by atoms with van der Waals surface area (Å²) in [6, 6.07) is 1.35. The van der Waals surface area contributed by atoms with Gasteiger partial charge < -0.3 is 9.47 Å². The maximum absolute atomic E-state index is 12.1. The minimum Gasteiger partial charge on any atom is -0.433 e. The van der Waals surface area contributed by atoms with E-state index >= 15 is 0 Å². The third-order valence-electron chi connectivity index (χ3n) is 2.32. The second-order valence-electron chi connectivity index (χ2n) is 3.53. The van der Waals surface area contributed by atoms with E-state index in [-0.39, 0.29) is 10.6 Å². The van der Waals surface area contributed by atoms with E-state index in [1.807, 2.05) is 0 Å². The Morgan fingerprint density at radius 2 is 2.22 bits per heavy atom. The van der Waals surface area contributed by atoms with Crippen LogP contribution in [0.25, 0.3) is 0 Å². The Morgan fingerprint density at radius 3 is 2.89 bits per heavy atom. The Bertz CT molecular complexity index is 408. The fourth-order valence-electron chi connectivity index (χ4n) is 1.52. The lowest BCUT2D eigenvalue weighted by Gasteiger charge is -2.26. The van der Waals surface area contributed by atoms with E-state index in [4.69, 9.17) is 4.74 Å². The molecule has 0 bridgehead atoms. The maximum atomic E-state index is 12.1. The lowest BCUT2D eigenvalue weighted by Crippen LogP contribution is -2.48. The van der Waals surface area contributed by atoms with Crippen molar-refractivity contribution in [1.82, 2.24) is 10.4 Å². The number of hydrogen-bond acceptors (Lipinski definition) is 5. The summed E-state index contributed by atoms with van der Waals surface area (Å²) in [5.41, 5.74) is 2.63. The first kappa shape index (κ1) is 13.2. The van der Waals surface area contributed by atoms with Crippen molar-refractivity contribution >= 4 is 17.2 Å². The van der Waals surface area contributed by atoms with Crippen molar-refractivity contribution in [3.63, 3.8) is 0 Å². The predicted octanol–water partition coefficient (Wildman–Crippen LogP) is 1.33.